The molecule has 1 aliphatic rings. The van der Waals surface area contributed by atoms with Crippen molar-refractivity contribution in [2.45, 2.75) is 43.5 Å². The van der Waals surface area contributed by atoms with Crippen molar-refractivity contribution in [1.82, 2.24) is 10.0 Å². The molecule has 0 unspecified atom stereocenters. The minimum atomic E-state index is -3.29. The molecule has 1 aromatic heterocycles. The lowest BCUT2D eigenvalue weighted by Gasteiger charge is -2.01. The lowest BCUT2D eigenvalue weighted by Crippen LogP contribution is -2.22. The highest BCUT2D eigenvalue weighted by Crippen LogP contribution is 2.27. The Balaban J connectivity index is 2.11. The molecule has 1 aliphatic carbocycles. The number of hydrogen-bond acceptors (Lipinski definition) is 4. The Labute approximate surface area is 106 Å². The van der Waals surface area contributed by atoms with Crippen molar-refractivity contribution in [1.29, 1.82) is 0 Å². The first kappa shape index (κ1) is 13.0. The van der Waals surface area contributed by atoms with Gasteiger partial charge in [0.1, 0.15) is 4.21 Å². The van der Waals surface area contributed by atoms with Gasteiger partial charge in [0.15, 0.2) is 0 Å². The predicted molar refractivity (Wildman–Crippen MR) is 69.8 cm³/mol. The van der Waals surface area contributed by atoms with Crippen molar-refractivity contribution < 1.29 is 8.42 Å². The van der Waals surface area contributed by atoms with E-state index in [0.717, 1.165) is 17.0 Å². The molecule has 0 atom stereocenters. The maximum absolute atomic E-state index is 11.8. The Bertz CT molecular complexity index is 490. The molecule has 0 radical (unpaired) electrons. The van der Waals surface area contributed by atoms with Crippen LogP contribution in [-0.2, 0) is 16.6 Å². The second kappa shape index (κ2) is 5.06. The van der Waals surface area contributed by atoms with Crippen molar-refractivity contribution in [2.75, 3.05) is 6.54 Å². The third kappa shape index (κ3) is 3.28. The first-order valence-electron chi connectivity index (χ1n) is 5.85. The van der Waals surface area contributed by atoms with E-state index in [0.29, 0.717) is 16.8 Å². The van der Waals surface area contributed by atoms with E-state index in [2.05, 4.69) is 10.0 Å². The fraction of sp³-hybridized carbons (Fsp3) is 0.636. The van der Waals surface area contributed by atoms with Gasteiger partial charge in [-0.15, -0.1) is 11.3 Å². The Morgan fingerprint density at radius 1 is 1.47 bits per heavy atom. The third-order valence-corrected chi connectivity index (χ3v) is 5.98. The van der Waals surface area contributed by atoms with Gasteiger partial charge < -0.3 is 5.32 Å². The zero-order valence-electron chi connectivity index (χ0n) is 10.1. The summed E-state index contributed by atoms with van der Waals surface area (Å²) in [6.45, 7) is 4.96. The topological polar surface area (TPSA) is 58.2 Å². The SMILES string of the molecule is CCNS(=O)(=O)c1cc(C)c(CNC2CC2)s1. The molecule has 0 aromatic carbocycles. The van der Waals surface area contributed by atoms with Gasteiger partial charge in [0.25, 0.3) is 0 Å². The average Bonchev–Trinajstić information content (AvgIpc) is 2.99. The van der Waals surface area contributed by atoms with Gasteiger partial charge in [-0.05, 0) is 31.4 Å². The van der Waals surface area contributed by atoms with Crippen LogP contribution < -0.4 is 10.0 Å². The lowest BCUT2D eigenvalue weighted by atomic mass is 10.3. The maximum Gasteiger partial charge on any atom is 0.250 e. The normalized spacial score (nSPS) is 16.4. The zero-order chi connectivity index (χ0) is 12.5. The van der Waals surface area contributed by atoms with Gasteiger partial charge >= 0.3 is 0 Å². The molecule has 0 bridgehead atoms. The largest absolute Gasteiger partial charge is 0.309 e. The quantitative estimate of drug-likeness (QED) is 0.828. The smallest absolute Gasteiger partial charge is 0.250 e. The molecular weight excluding hydrogens is 256 g/mol. The van der Waals surface area contributed by atoms with Crippen molar-refractivity contribution in [2.24, 2.45) is 0 Å². The molecule has 1 fully saturated rings. The molecule has 17 heavy (non-hydrogen) atoms. The van der Waals surface area contributed by atoms with E-state index >= 15 is 0 Å². The first-order valence-corrected chi connectivity index (χ1v) is 8.15. The van der Waals surface area contributed by atoms with Crippen molar-refractivity contribution >= 4 is 21.4 Å². The molecule has 0 spiro atoms. The summed E-state index contributed by atoms with van der Waals surface area (Å²) in [5.41, 5.74) is 1.06. The summed E-state index contributed by atoms with van der Waals surface area (Å²) in [7, 11) is -3.29. The molecule has 0 aliphatic heterocycles. The van der Waals surface area contributed by atoms with Crippen LogP contribution in [-0.4, -0.2) is 21.0 Å². The van der Waals surface area contributed by atoms with Crippen LogP contribution in [0.25, 0.3) is 0 Å². The third-order valence-electron chi connectivity index (χ3n) is 2.73. The summed E-state index contributed by atoms with van der Waals surface area (Å²) >= 11 is 1.36. The fourth-order valence-corrected chi connectivity index (χ4v) is 4.21. The van der Waals surface area contributed by atoms with Crippen molar-refractivity contribution in [3.63, 3.8) is 0 Å². The molecule has 4 nitrogen and oxygen atoms in total. The molecule has 1 aromatic rings. The van der Waals surface area contributed by atoms with Crippen LogP contribution in [0, 0.1) is 6.92 Å². The molecule has 0 amide bonds. The maximum atomic E-state index is 11.8. The summed E-state index contributed by atoms with van der Waals surface area (Å²) in [4.78, 5) is 1.12. The van der Waals surface area contributed by atoms with Crippen LogP contribution in [0.3, 0.4) is 0 Å². The van der Waals surface area contributed by atoms with E-state index in [1.807, 2.05) is 6.92 Å². The van der Waals surface area contributed by atoms with Gasteiger partial charge in [0, 0.05) is 24.0 Å². The number of nitrogens with one attached hydrogen (secondary N) is 2. The Morgan fingerprint density at radius 2 is 2.18 bits per heavy atom. The van der Waals surface area contributed by atoms with Crippen LogP contribution in [0.5, 0.6) is 0 Å². The zero-order valence-corrected chi connectivity index (χ0v) is 11.7. The van der Waals surface area contributed by atoms with E-state index in [9.17, 15) is 8.42 Å². The Morgan fingerprint density at radius 3 is 2.76 bits per heavy atom. The molecule has 1 heterocycles. The van der Waals surface area contributed by atoms with Crippen molar-refractivity contribution in [3.05, 3.63) is 16.5 Å². The Hall–Kier alpha value is -0.430. The highest BCUT2D eigenvalue weighted by molar-refractivity contribution is 7.91. The lowest BCUT2D eigenvalue weighted by molar-refractivity contribution is 0.586. The van der Waals surface area contributed by atoms with Gasteiger partial charge in [0.05, 0.1) is 0 Å². The summed E-state index contributed by atoms with van der Waals surface area (Å²) in [5, 5.41) is 3.41. The van der Waals surface area contributed by atoms with Gasteiger partial charge in [0.2, 0.25) is 10.0 Å². The number of aryl methyl sites for hydroxylation is 1. The molecule has 1 saturated carbocycles. The monoisotopic (exact) mass is 274 g/mol. The van der Waals surface area contributed by atoms with Crippen LogP contribution >= 0.6 is 11.3 Å². The van der Waals surface area contributed by atoms with Gasteiger partial charge in [-0.1, -0.05) is 6.92 Å². The number of sulfonamides is 1. The average molecular weight is 274 g/mol. The molecule has 2 rings (SSSR count). The van der Waals surface area contributed by atoms with Gasteiger partial charge in [-0.25, -0.2) is 13.1 Å². The number of thiophene rings is 1. The van der Waals surface area contributed by atoms with Gasteiger partial charge in [-0.2, -0.15) is 0 Å². The van der Waals surface area contributed by atoms with Crippen molar-refractivity contribution in [3.8, 4) is 0 Å². The second-order valence-corrected chi connectivity index (χ2v) is 7.46. The summed E-state index contributed by atoms with van der Waals surface area (Å²) in [5.74, 6) is 0. The van der Waals surface area contributed by atoms with Crippen LogP contribution in [0.2, 0.25) is 0 Å². The molecule has 2 N–H and O–H groups in total. The minimum Gasteiger partial charge on any atom is -0.309 e. The highest BCUT2D eigenvalue weighted by atomic mass is 32.2. The van der Waals surface area contributed by atoms with E-state index in [1.165, 1.54) is 24.2 Å². The molecule has 0 saturated heterocycles. The fourth-order valence-electron chi connectivity index (χ4n) is 1.58. The first-order chi connectivity index (χ1) is 8.03. The number of hydrogen-bond donors (Lipinski definition) is 2. The van der Waals surface area contributed by atoms with Crippen LogP contribution in [0.15, 0.2) is 10.3 Å². The predicted octanol–water partition coefficient (Wildman–Crippen LogP) is 1.61. The second-order valence-electron chi connectivity index (χ2n) is 4.33. The van der Waals surface area contributed by atoms with E-state index < -0.39 is 10.0 Å². The highest BCUT2D eigenvalue weighted by Gasteiger charge is 2.22. The van der Waals surface area contributed by atoms with E-state index in [1.54, 1.807) is 13.0 Å². The van der Waals surface area contributed by atoms with E-state index in [-0.39, 0.29) is 0 Å². The summed E-state index contributed by atoms with van der Waals surface area (Å²) in [6, 6.07) is 2.40. The van der Waals surface area contributed by atoms with E-state index in [4.69, 9.17) is 0 Å². The standard InChI is InChI=1S/C11H18N2O2S2/c1-3-13-17(14,15)11-6-8(2)10(16-11)7-12-9-4-5-9/h6,9,12-13H,3-5,7H2,1-2H3. The molecule has 6 heteroatoms. The summed E-state index contributed by atoms with van der Waals surface area (Å²) < 4.78 is 26.6. The molecule has 96 valence electrons. The van der Waals surface area contributed by atoms with Crippen LogP contribution in [0.1, 0.15) is 30.2 Å². The summed E-state index contributed by atoms with van der Waals surface area (Å²) in [6.07, 6.45) is 2.49. The Kier molecular flexibility index (Phi) is 3.87. The number of rotatable bonds is 6. The van der Waals surface area contributed by atoms with Gasteiger partial charge in [-0.3, -0.25) is 0 Å². The molecular formula is C11H18N2O2S2. The van der Waals surface area contributed by atoms with Crippen LogP contribution in [0.4, 0.5) is 0 Å². The minimum absolute atomic E-state index is 0.421.